The minimum Gasteiger partial charge on any atom is -0.365 e. The third-order valence-electron chi connectivity index (χ3n) is 6.42. The summed E-state index contributed by atoms with van der Waals surface area (Å²) in [6.45, 7) is 1.73. The average Bonchev–Trinajstić information content (AvgIpc) is 3.53. The lowest BCUT2D eigenvalue weighted by molar-refractivity contribution is -0.157. The summed E-state index contributed by atoms with van der Waals surface area (Å²) in [6.07, 6.45) is 4.17. The first-order valence-corrected chi connectivity index (χ1v) is 11.0. The smallest absolute Gasteiger partial charge is 0.230 e. The van der Waals surface area contributed by atoms with Crippen LogP contribution < -0.4 is 5.32 Å². The molecule has 0 radical (unpaired) electrons. The number of aromatic nitrogens is 1. The normalized spacial score (nSPS) is 25.4. The molecular formula is C22H22BrF2N3O2. The monoisotopic (exact) mass is 477 g/mol. The highest BCUT2D eigenvalue weighted by molar-refractivity contribution is 9.10. The molecule has 2 atom stereocenters. The molecule has 2 unspecified atom stereocenters. The van der Waals surface area contributed by atoms with Gasteiger partial charge in [0.05, 0.1) is 12.5 Å². The van der Waals surface area contributed by atoms with E-state index >= 15 is 0 Å². The highest BCUT2D eigenvalue weighted by Gasteiger charge is 2.53. The van der Waals surface area contributed by atoms with Crippen molar-refractivity contribution in [1.82, 2.24) is 15.2 Å². The molecular weight excluding hydrogens is 456 g/mol. The van der Waals surface area contributed by atoms with Gasteiger partial charge in [-0.1, -0.05) is 6.07 Å². The SMILES string of the molecule is O=C(C1CNCCC12OCc1cc(F)c(F)cc12)N(Cc1cccnc1Br)C1CC1. The number of piperidine rings is 1. The second kappa shape index (κ2) is 7.66. The lowest BCUT2D eigenvalue weighted by Gasteiger charge is -2.42. The van der Waals surface area contributed by atoms with E-state index in [1.54, 1.807) is 6.20 Å². The van der Waals surface area contributed by atoms with Gasteiger partial charge in [-0.25, -0.2) is 13.8 Å². The third kappa shape index (κ3) is 3.35. The second-order valence-electron chi connectivity index (χ2n) is 8.26. The number of amides is 1. The summed E-state index contributed by atoms with van der Waals surface area (Å²) < 4.78 is 34.8. The van der Waals surface area contributed by atoms with Gasteiger partial charge >= 0.3 is 0 Å². The van der Waals surface area contributed by atoms with Crippen molar-refractivity contribution in [2.75, 3.05) is 13.1 Å². The number of halogens is 3. The Labute approximate surface area is 181 Å². The van der Waals surface area contributed by atoms with Gasteiger partial charge in [0.2, 0.25) is 5.91 Å². The van der Waals surface area contributed by atoms with Crippen molar-refractivity contribution in [3.05, 3.63) is 63.4 Å². The number of rotatable bonds is 4. The van der Waals surface area contributed by atoms with Crippen molar-refractivity contribution in [3.63, 3.8) is 0 Å². The van der Waals surface area contributed by atoms with Gasteiger partial charge in [0.1, 0.15) is 10.2 Å². The molecule has 1 N–H and O–H groups in total. The molecule has 158 valence electrons. The van der Waals surface area contributed by atoms with E-state index in [1.165, 1.54) is 12.1 Å². The molecule has 3 aliphatic rings. The molecule has 1 spiro atoms. The molecule has 1 aliphatic carbocycles. The van der Waals surface area contributed by atoms with Gasteiger partial charge in [-0.05, 0) is 71.1 Å². The van der Waals surface area contributed by atoms with Crippen molar-refractivity contribution >= 4 is 21.8 Å². The van der Waals surface area contributed by atoms with Gasteiger partial charge in [-0.2, -0.15) is 0 Å². The maximum Gasteiger partial charge on any atom is 0.230 e. The summed E-state index contributed by atoms with van der Waals surface area (Å²) in [5, 5.41) is 3.30. The zero-order valence-corrected chi connectivity index (χ0v) is 17.9. The Hall–Kier alpha value is -1.90. The van der Waals surface area contributed by atoms with Crippen molar-refractivity contribution in [3.8, 4) is 0 Å². The zero-order chi connectivity index (χ0) is 20.9. The van der Waals surface area contributed by atoms with Gasteiger partial charge in [0.15, 0.2) is 11.6 Å². The van der Waals surface area contributed by atoms with Gasteiger partial charge in [-0.15, -0.1) is 0 Å². The molecule has 1 saturated carbocycles. The minimum atomic E-state index is -0.925. The summed E-state index contributed by atoms with van der Waals surface area (Å²) in [5.74, 6) is -2.31. The van der Waals surface area contributed by atoms with Crippen LogP contribution in [0.15, 0.2) is 35.1 Å². The molecule has 1 amide bonds. The Morgan fingerprint density at radius 1 is 1.33 bits per heavy atom. The van der Waals surface area contributed by atoms with E-state index in [-0.39, 0.29) is 18.6 Å². The van der Waals surface area contributed by atoms with Gasteiger partial charge in [-0.3, -0.25) is 4.79 Å². The topological polar surface area (TPSA) is 54.5 Å². The Kier molecular flexibility index (Phi) is 5.11. The third-order valence-corrected chi connectivity index (χ3v) is 7.13. The first kappa shape index (κ1) is 20.0. The zero-order valence-electron chi connectivity index (χ0n) is 16.3. The second-order valence-corrected chi connectivity index (χ2v) is 9.01. The average molecular weight is 478 g/mol. The van der Waals surface area contributed by atoms with E-state index in [0.29, 0.717) is 37.2 Å². The van der Waals surface area contributed by atoms with E-state index in [0.717, 1.165) is 23.0 Å². The molecule has 1 aromatic carbocycles. The van der Waals surface area contributed by atoms with Crippen LogP contribution in [0.5, 0.6) is 0 Å². The fourth-order valence-corrected chi connectivity index (χ4v) is 5.10. The van der Waals surface area contributed by atoms with E-state index < -0.39 is 23.2 Å². The molecule has 2 fully saturated rings. The Balaban J connectivity index is 1.50. The molecule has 2 aromatic rings. The predicted molar refractivity (Wildman–Crippen MR) is 109 cm³/mol. The maximum atomic E-state index is 14.1. The lowest BCUT2D eigenvalue weighted by Crippen LogP contribution is -2.55. The summed E-state index contributed by atoms with van der Waals surface area (Å²) in [5.41, 5.74) is 1.25. The van der Waals surface area contributed by atoms with Crippen LogP contribution in [0.3, 0.4) is 0 Å². The summed E-state index contributed by atoms with van der Waals surface area (Å²) in [6, 6.07) is 6.42. The number of nitrogens with one attached hydrogen (secondary N) is 1. The van der Waals surface area contributed by atoms with Gasteiger partial charge in [0.25, 0.3) is 0 Å². The van der Waals surface area contributed by atoms with Crippen molar-refractivity contribution in [2.24, 2.45) is 5.92 Å². The van der Waals surface area contributed by atoms with Crippen molar-refractivity contribution < 1.29 is 18.3 Å². The maximum absolute atomic E-state index is 14.1. The number of nitrogens with zero attached hydrogens (tertiary/aromatic N) is 2. The summed E-state index contributed by atoms with van der Waals surface area (Å²) >= 11 is 3.47. The number of benzene rings is 1. The molecule has 3 heterocycles. The molecule has 1 aromatic heterocycles. The number of carbonyl (C=O) groups excluding carboxylic acids is 1. The number of fused-ring (bicyclic) bond motifs is 2. The number of pyridine rings is 1. The first-order valence-electron chi connectivity index (χ1n) is 10.2. The highest BCUT2D eigenvalue weighted by atomic mass is 79.9. The number of ether oxygens (including phenoxy) is 1. The van der Waals surface area contributed by atoms with E-state index in [9.17, 15) is 13.6 Å². The molecule has 8 heteroatoms. The van der Waals surface area contributed by atoms with Crippen LogP contribution in [0.25, 0.3) is 0 Å². The van der Waals surface area contributed by atoms with E-state index in [4.69, 9.17) is 4.74 Å². The largest absolute Gasteiger partial charge is 0.365 e. The van der Waals surface area contributed by atoms with E-state index in [2.05, 4.69) is 26.2 Å². The Morgan fingerprint density at radius 3 is 2.90 bits per heavy atom. The fraction of sp³-hybridized carbons (Fsp3) is 0.455. The summed E-state index contributed by atoms with van der Waals surface area (Å²) in [4.78, 5) is 20.0. The van der Waals surface area contributed by atoms with Crippen LogP contribution in [-0.4, -0.2) is 34.9 Å². The molecule has 5 nitrogen and oxygen atoms in total. The fourth-order valence-electron chi connectivity index (χ4n) is 4.72. The standard InChI is InChI=1S/C22H22BrF2N3O2/c23-20-13(2-1-6-27-20)11-28(15-3-4-15)21(29)17-10-26-7-5-22(17)16-9-19(25)18(24)8-14(16)12-30-22/h1-2,6,8-9,15,17,26H,3-5,7,10-12H2. The van der Waals surface area contributed by atoms with Gasteiger partial charge < -0.3 is 15.0 Å². The van der Waals surface area contributed by atoms with Gasteiger partial charge in [0, 0.05) is 30.9 Å². The first-order chi connectivity index (χ1) is 14.5. The summed E-state index contributed by atoms with van der Waals surface area (Å²) in [7, 11) is 0. The van der Waals surface area contributed by atoms with Crippen LogP contribution in [0, 0.1) is 17.6 Å². The van der Waals surface area contributed by atoms with Crippen LogP contribution in [0.2, 0.25) is 0 Å². The Bertz CT molecular complexity index is 1000. The van der Waals surface area contributed by atoms with Crippen molar-refractivity contribution in [1.29, 1.82) is 0 Å². The van der Waals surface area contributed by atoms with E-state index in [1.807, 2.05) is 17.0 Å². The number of hydrogen-bond donors (Lipinski definition) is 1. The van der Waals surface area contributed by atoms with Crippen LogP contribution in [0.1, 0.15) is 36.0 Å². The predicted octanol–water partition coefficient (Wildman–Crippen LogP) is 3.65. The van der Waals surface area contributed by atoms with Crippen LogP contribution in [0.4, 0.5) is 8.78 Å². The van der Waals surface area contributed by atoms with Crippen molar-refractivity contribution in [2.45, 2.75) is 44.1 Å². The number of hydrogen-bond acceptors (Lipinski definition) is 4. The Morgan fingerprint density at radius 2 is 2.13 bits per heavy atom. The van der Waals surface area contributed by atoms with Crippen LogP contribution >= 0.6 is 15.9 Å². The number of carbonyl (C=O) groups is 1. The lowest BCUT2D eigenvalue weighted by atomic mass is 9.75. The molecule has 2 aliphatic heterocycles. The molecule has 0 bridgehead atoms. The molecule has 1 saturated heterocycles. The molecule has 30 heavy (non-hydrogen) atoms. The minimum absolute atomic E-state index is 0.0157. The highest BCUT2D eigenvalue weighted by Crippen LogP contribution is 2.48. The molecule has 5 rings (SSSR count). The quantitative estimate of drug-likeness (QED) is 0.682. The van der Waals surface area contributed by atoms with Crippen LogP contribution in [-0.2, 0) is 28.3 Å².